The van der Waals surface area contributed by atoms with Crippen LogP contribution in [-0.2, 0) is 14.3 Å². The summed E-state index contributed by atoms with van der Waals surface area (Å²) in [5.41, 5.74) is 0. The van der Waals surface area contributed by atoms with Gasteiger partial charge in [-0.25, -0.2) is 0 Å². The third kappa shape index (κ3) is 4.46. The van der Waals surface area contributed by atoms with Crippen LogP contribution < -0.4 is 9.47 Å². The summed E-state index contributed by atoms with van der Waals surface area (Å²) in [6.45, 7) is 2.44. The molecule has 1 aromatic carbocycles. The number of benzene rings is 1. The van der Waals surface area contributed by atoms with Gasteiger partial charge in [0.2, 0.25) is 0 Å². The summed E-state index contributed by atoms with van der Waals surface area (Å²) >= 11 is 0. The Kier molecular flexibility index (Phi) is 6.36. The number of rotatable bonds is 8. The number of carboxylic acids is 1. The SMILES string of the molecule is CCOc1ccccc1OCCC(C(=O)O)C(=O)OC. The molecule has 1 rings (SSSR count). The van der Waals surface area contributed by atoms with Crippen LogP contribution in [0, 0.1) is 5.92 Å². The molecule has 20 heavy (non-hydrogen) atoms. The molecule has 0 saturated carbocycles. The summed E-state index contributed by atoms with van der Waals surface area (Å²) in [7, 11) is 1.16. The first-order valence-corrected chi connectivity index (χ1v) is 6.25. The van der Waals surface area contributed by atoms with Crippen molar-refractivity contribution in [1.29, 1.82) is 0 Å². The summed E-state index contributed by atoms with van der Waals surface area (Å²) in [5.74, 6) is -2.12. The zero-order chi connectivity index (χ0) is 15.0. The van der Waals surface area contributed by atoms with Crippen molar-refractivity contribution >= 4 is 11.9 Å². The van der Waals surface area contributed by atoms with E-state index in [1.54, 1.807) is 18.2 Å². The van der Waals surface area contributed by atoms with Crippen LogP contribution in [0.4, 0.5) is 0 Å². The minimum Gasteiger partial charge on any atom is -0.490 e. The van der Waals surface area contributed by atoms with Crippen LogP contribution in [0.15, 0.2) is 24.3 Å². The Bertz CT molecular complexity index is 457. The van der Waals surface area contributed by atoms with Crippen molar-refractivity contribution in [3.8, 4) is 11.5 Å². The van der Waals surface area contributed by atoms with Crippen LogP contribution >= 0.6 is 0 Å². The van der Waals surface area contributed by atoms with E-state index in [0.29, 0.717) is 18.1 Å². The Morgan fingerprint density at radius 1 is 1.20 bits per heavy atom. The summed E-state index contributed by atoms with van der Waals surface area (Å²) in [6.07, 6.45) is 0.0302. The van der Waals surface area contributed by atoms with Gasteiger partial charge in [-0.1, -0.05) is 12.1 Å². The van der Waals surface area contributed by atoms with Crippen molar-refractivity contribution in [3.63, 3.8) is 0 Å². The van der Waals surface area contributed by atoms with Crippen LogP contribution in [-0.4, -0.2) is 37.4 Å². The van der Waals surface area contributed by atoms with Crippen LogP contribution in [0.3, 0.4) is 0 Å². The smallest absolute Gasteiger partial charge is 0.320 e. The number of carbonyl (C=O) groups is 2. The zero-order valence-electron chi connectivity index (χ0n) is 11.5. The lowest BCUT2D eigenvalue weighted by atomic mass is 10.1. The molecule has 1 N–H and O–H groups in total. The van der Waals surface area contributed by atoms with Crippen LogP contribution in [0.25, 0.3) is 0 Å². The number of aliphatic carboxylic acids is 1. The lowest BCUT2D eigenvalue weighted by molar-refractivity contribution is -0.157. The lowest BCUT2D eigenvalue weighted by Gasteiger charge is -2.13. The van der Waals surface area contributed by atoms with E-state index in [2.05, 4.69) is 4.74 Å². The average molecular weight is 282 g/mol. The average Bonchev–Trinajstić information content (AvgIpc) is 2.44. The molecule has 0 bridgehead atoms. The van der Waals surface area contributed by atoms with Gasteiger partial charge in [-0.3, -0.25) is 9.59 Å². The molecule has 0 aliphatic carbocycles. The van der Waals surface area contributed by atoms with Gasteiger partial charge in [0.15, 0.2) is 17.4 Å². The van der Waals surface area contributed by atoms with Gasteiger partial charge in [0.05, 0.1) is 20.3 Å². The molecule has 0 heterocycles. The van der Waals surface area contributed by atoms with E-state index in [0.717, 1.165) is 7.11 Å². The van der Waals surface area contributed by atoms with Crippen molar-refractivity contribution in [2.45, 2.75) is 13.3 Å². The van der Waals surface area contributed by atoms with E-state index in [4.69, 9.17) is 14.6 Å². The number of ether oxygens (including phenoxy) is 3. The molecule has 0 aliphatic heterocycles. The maximum atomic E-state index is 11.3. The topological polar surface area (TPSA) is 82.1 Å². The van der Waals surface area contributed by atoms with Gasteiger partial charge < -0.3 is 19.3 Å². The van der Waals surface area contributed by atoms with E-state index < -0.39 is 17.9 Å². The van der Waals surface area contributed by atoms with Crippen LogP contribution in [0.1, 0.15) is 13.3 Å². The van der Waals surface area contributed by atoms with Gasteiger partial charge in [0, 0.05) is 6.42 Å². The Balaban J connectivity index is 2.59. The maximum Gasteiger partial charge on any atom is 0.320 e. The molecule has 0 spiro atoms. The standard InChI is InChI=1S/C14H18O6/c1-3-19-11-6-4-5-7-12(11)20-9-8-10(13(15)16)14(17)18-2/h4-7,10H,3,8-9H2,1-2H3,(H,15,16). The molecule has 0 aromatic heterocycles. The number of methoxy groups -OCH3 is 1. The largest absolute Gasteiger partial charge is 0.490 e. The number of carboxylic acid groups (broad SMARTS) is 1. The van der Waals surface area contributed by atoms with Gasteiger partial charge in [0.25, 0.3) is 0 Å². The van der Waals surface area contributed by atoms with E-state index >= 15 is 0 Å². The molecular formula is C14H18O6. The van der Waals surface area contributed by atoms with Crippen molar-refractivity contribution in [3.05, 3.63) is 24.3 Å². The molecule has 0 aliphatic rings. The maximum absolute atomic E-state index is 11.3. The normalized spacial score (nSPS) is 11.5. The first-order valence-electron chi connectivity index (χ1n) is 6.25. The molecule has 0 radical (unpaired) electrons. The Morgan fingerprint density at radius 2 is 1.80 bits per heavy atom. The van der Waals surface area contributed by atoms with Gasteiger partial charge in [0.1, 0.15) is 0 Å². The van der Waals surface area contributed by atoms with Gasteiger partial charge in [-0.15, -0.1) is 0 Å². The molecule has 110 valence electrons. The summed E-state index contributed by atoms with van der Waals surface area (Å²) in [4.78, 5) is 22.2. The van der Waals surface area contributed by atoms with Crippen LogP contribution in [0.2, 0.25) is 0 Å². The highest BCUT2D eigenvalue weighted by Gasteiger charge is 2.27. The molecule has 0 saturated heterocycles. The molecule has 0 amide bonds. The Morgan fingerprint density at radius 3 is 2.30 bits per heavy atom. The third-order valence-corrected chi connectivity index (χ3v) is 2.60. The third-order valence-electron chi connectivity index (χ3n) is 2.60. The second-order valence-electron chi connectivity index (χ2n) is 3.93. The van der Waals surface area contributed by atoms with Gasteiger partial charge in [-0.05, 0) is 19.1 Å². The summed E-state index contributed by atoms with van der Waals surface area (Å²) < 4.78 is 15.3. The Hall–Kier alpha value is -2.24. The van der Waals surface area contributed by atoms with Gasteiger partial charge >= 0.3 is 11.9 Å². The number of para-hydroxylation sites is 2. The number of hydrogen-bond donors (Lipinski definition) is 1. The number of esters is 1. The zero-order valence-corrected chi connectivity index (χ0v) is 11.5. The molecule has 0 fully saturated rings. The van der Waals surface area contributed by atoms with Crippen molar-refractivity contribution in [2.75, 3.05) is 20.3 Å². The fraction of sp³-hybridized carbons (Fsp3) is 0.429. The van der Waals surface area contributed by atoms with Gasteiger partial charge in [-0.2, -0.15) is 0 Å². The second-order valence-corrected chi connectivity index (χ2v) is 3.93. The highest BCUT2D eigenvalue weighted by atomic mass is 16.5. The van der Waals surface area contributed by atoms with Crippen molar-refractivity contribution < 1.29 is 28.9 Å². The minimum atomic E-state index is -1.22. The molecule has 1 aromatic rings. The molecule has 6 heteroatoms. The Labute approximate surface area is 117 Å². The molecule has 1 unspecified atom stereocenters. The predicted octanol–water partition coefficient (Wildman–Crippen LogP) is 1.73. The summed E-state index contributed by atoms with van der Waals surface area (Å²) in [6, 6.07) is 7.08. The van der Waals surface area contributed by atoms with E-state index in [1.165, 1.54) is 0 Å². The fourth-order valence-electron chi connectivity index (χ4n) is 1.62. The highest BCUT2D eigenvalue weighted by Crippen LogP contribution is 2.26. The monoisotopic (exact) mass is 282 g/mol. The minimum absolute atomic E-state index is 0.0302. The second kappa shape index (κ2) is 8.04. The predicted molar refractivity (Wildman–Crippen MR) is 70.9 cm³/mol. The molecule has 6 nitrogen and oxygen atoms in total. The van der Waals surface area contributed by atoms with Crippen molar-refractivity contribution in [2.24, 2.45) is 5.92 Å². The van der Waals surface area contributed by atoms with E-state index in [1.807, 2.05) is 13.0 Å². The summed E-state index contributed by atoms with van der Waals surface area (Å²) in [5, 5.41) is 8.93. The lowest BCUT2D eigenvalue weighted by Crippen LogP contribution is -2.26. The fourth-order valence-corrected chi connectivity index (χ4v) is 1.62. The number of carbonyl (C=O) groups excluding carboxylic acids is 1. The van der Waals surface area contributed by atoms with E-state index in [-0.39, 0.29) is 13.0 Å². The first-order chi connectivity index (χ1) is 9.60. The van der Waals surface area contributed by atoms with Crippen molar-refractivity contribution in [1.82, 2.24) is 0 Å². The highest BCUT2D eigenvalue weighted by molar-refractivity contribution is 5.93. The molecule has 1 atom stereocenters. The molecular weight excluding hydrogens is 264 g/mol. The first kappa shape index (κ1) is 15.8. The quantitative estimate of drug-likeness (QED) is 0.577. The van der Waals surface area contributed by atoms with E-state index in [9.17, 15) is 9.59 Å². The van der Waals surface area contributed by atoms with Crippen LogP contribution in [0.5, 0.6) is 11.5 Å². The number of hydrogen-bond acceptors (Lipinski definition) is 5.